The van der Waals surface area contributed by atoms with E-state index < -0.39 is 18.1 Å². The van der Waals surface area contributed by atoms with Crippen molar-refractivity contribution in [3.63, 3.8) is 0 Å². The third kappa shape index (κ3) is 7.31. The molecule has 0 aliphatic heterocycles. The number of ether oxygens (including phenoxy) is 1. The molecule has 2 aromatic carbocycles. The van der Waals surface area contributed by atoms with Gasteiger partial charge in [0.25, 0.3) is 0 Å². The molecule has 1 aliphatic carbocycles. The van der Waals surface area contributed by atoms with Gasteiger partial charge in [0.15, 0.2) is 0 Å². The zero-order valence-corrected chi connectivity index (χ0v) is 20.6. The van der Waals surface area contributed by atoms with Crippen LogP contribution in [0.1, 0.15) is 75.8 Å². The topological polar surface area (TPSA) is 105 Å². The fourth-order valence-corrected chi connectivity index (χ4v) is 4.78. The zero-order chi connectivity index (χ0) is 25.2. The van der Waals surface area contributed by atoms with Crippen LogP contribution in [-0.4, -0.2) is 41.8 Å². The van der Waals surface area contributed by atoms with Crippen LogP contribution in [0, 0.1) is 0 Å². The van der Waals surface area contributed by atoms with Crippen molar-refractivity contribution < 1.29 is 24.2 Å². The number of carboxylic acids is 1. The molecular formula is C28H36N2O5. The predicted molar refractivity (Wildman–Crippen MR) is 135 cm³/mol. The van der Waals surface area contributed by atoms with E-state index in [0.29, 0.717) is 12.8 Å². The summed E-state index contributed by atoms with van der Waals surface area (Å²) in [5.41, 5.74) is 4.61. The highest BCUT2D eigenvalue weighted by Crippen LogP contribution is 2.44. The summed E-state index contributed by atoms with van der Waals surface area (Å²) in [7, 11) is 0. The molecular weight excluding hydrogens is 444 g/mol. The average molecular weight is 481 g/mol. The van der Waals surface area contributed by atoms with Crippen molar-refractivity contribution in [2.45, 2.75) is 76.8 Å². The van der Waals surface area contributed by atoms with Crippen LogP contribution in [0.5, 0.6) is 0 Å². The van der Waals surface area contributed by atoms with E-state index in [-0.39, 0.29) is 37.3 Å². The molecule has 2 aromatic rings. The van der Waals surface area contributed by atoms with Crippen LogP contribution in [0.15, 0.2) is 48.5 Å². The first-order chi connectivity index (χ1) is 16.9. The van der Waals surface area contributed by atoms with Gasteiger partial charge >= 0.3 is 12.1 Å². The Balaban J connectivity index is 1.56. The van der Waals surface area contributed by atoms with Gasteiger partial charge in [0.1, 0.15) is 6.61 Å². The van der Waals surface area contributed by atoms with Crippen LogP contribution < -0.4 is 10.6 Å². The van der Waals surface area contributed by atoms with E-state index >= 15 is 0 Å². The SMILES string of the molecule is CCCC[C@@H](CC(=O)O)NC(=O)C[C@H](CCC)NC(=O)OCC1c2ccccc2-c2ccccc21. The van der Waals surface area contributed by atoms with Crippen LogP contribution >= 0.6 is 0 Å². The van der Waals surface area contributed by atoms with Gasteiger partial charge in [-0.15, -0.1) is 0 Å². The molecule has 0 bridgehead atoms. The third-order valence-electron chi connectivity index (χ3n) is 6.43. The monoisotopic (exact) mass is 480 g/mol. The fraction of sp³-hybridized carbons (Fsp3) is 0.464. The molecule has 0 fully saturated rings. The van der Waals surface area contributed by atoms with E-state index in [4.69, 9.17) is 9.84 Å². The number of carboxylic acid groups (broad SMARTS) is 1. The molecule has 35 heavy (non-hydrogen) atoms. The number of hydrogen-bond acceptors (Lipinski definition) is 4. The van der Waals surface area contributed by atoms with Crippen LogP contribution in [0.2, 0.25) is 0 Å². The first kappa shape index (κ1) is 26.3. The van der Waals surface area contributed by atoms with Gasteiger partial charge in [0.05, 0.1) is 6.42 Å². The summed E-state index contributed by atoms with van der Waals surface area (Å²) in [6.45, 7) is 4.22. The summed E-state index contributed by atoms with van der Waals surface area (Å²) in [5.74, 6) is -1.23. The van der Waals surface area contributed by atoms with Crippen LogP contribution in [0.4, 0.5) is 4.79 Å². The number of nitrogens with one attached hydrogen (secondary N) is 2. The Kier molecular flexibility index (Phi) is 9.70. The summed E-state index contributed by atoms with van der Waals surface area (Å²) in [6.07, 6.45) is 3.22. The minimum absolute atomic E-state index is 0.0311. The third-order valence-corrected chi connectivity index (χ3v) is 6.43. The summed E-state index contributed by atoms with van der Waals surface area (Å²) >= 11 is 0. The number of benzene rings is 2. The number of rotatable bonds is 13. The molecule has 0 aromatic heterocycles. The van der Waals surface area contributed by atoms with Crippen LogP contribution in [-0.2, 0) is 14.3 Å². The summed E-state index contributed by atoms with van der Waals surface area (Å²) < 4.78 is 5.63. The van der Waals surface area contributed by atoms with E-state index in [9.17, 15) is 14.4 Å². The van der Waals surface area contributed by atoms with Gasteiger partial charge in [0.2, 0.25) is 5.91 Å². The standard InChI is InChI=1S/C28H36N2O5/c1-3-5-11-20(17-27(32)33)29-26(31)16-19(10-4-2)30-28(34)35-18-25-23-14-8-6-12-21(23)22-13-7-9-15-24(22)25/h6-9,12-15,19-20,25H,3-5,10-11,16-18H2,1-2H3,(H,29,31)(H,30,34)(H,32,33)/t19-,20-/m0/s1. The Morgan fingerprint density at radius 1 is 0.857 bits per heavy atom. The molecule has 3 rings (SSSR count). The number of hydrogen-bond donors (Lipinski definition) is 3. The van der Waals surface area contributed by atoms with Gasteiger partial charge in [-0.05, 0) is 35.1 Å². The second kappa shape index (κ2) is 12.9. The number of aliphatic carboxylic acids is 1. The molecule has 2 atom stereocenters. The number of carbonyl (C=O) groups is 3. The Morgan fingerprint density at radius 3 is 2.03 bits per heavy atom. The van der Waals surface area contributed by atoms with E-state index in [2.05, 4.69) is 34.9 Å². The lowest BCUT2D eigenvalue weighted by Crippen LogP contribution is -2.43. The van der Waals surface area contributed by atoms with Gasteiger partial charge in [-0.1, -0.05) is 81.6 Å². The molecule has 0 heterocycles. The lowest BCUT2D eigenvalue weighted by atomic mass is 9.98. The summed E-state index contributed by atoms with van der Waals surface area (Å²) in [6, 6.07) is 15.5. The van der Waals surface area contributed by atoms with Crippen molar-refractivity contribution in [2.24, 2.45) is 0 Å². The first-order valence-electron chi connectivity index (χ1n) is 12.6. The molecule has 7 nitrogen and oxygen atoms in total. The van der Waals surface area contributed by atoms with E-state index in [1.807, 2.05) is 38.1 Å². The Morgan fingerprint density at radius 2 is 1.46 bits per heavy atom. The van der Waals surface area contributed by atoms with Gasteiger partial charge in [-0.3, -0.25) is 9.59 Å². The highest BCUT2D eigenvalue weighted by molar-refractivity contribution is 5.80. The van der Waals surface area contributed by atoms with Crippen LogP contribution in [0.25, 0.3) is 11.1 Å². The maximum absolute atomic E-state index is 12.7. The van der Waals surface area contributed by atoms with Gasteiger partial charge < -0.3 is 20.5 Å². The van der Waals surface area contributed by atoms with Crippen molar-refractivity contribution in [2.75, 3.05) is 6.61 Å². The predicted octanol–water partition coefficient (Wildman–Crippen LogP) is 5.23. The molecule has 188 valence electrons. The van der Waals surface area contributed by atoms with Gasteiger partial charge in [-0.25, -0.2) is 4.79 Å². The van der Waals surface area contributed by atoms with Gasteiger partial charge in [0, 0.05) is 24.4 Å². The van der Waals surface area contributed by atoms with Crippen LogP contribution in [0.3, 0.4) is 0 Å². The molecule has 0 saturated heterocycles. The van der Waals surface area contributed by atoms with Crippen molar-refractivity contribution in [1.29, 1.82) is 0 Å². The second-order valence-electron chi connectivity index (χ2n) is 9.16. The Bertz CT molecular complexity index is 976. The molecule has 7 heteroatoms. The maximum atomic E-state index is 12.7. The molecule has 0 spiro atoms. The first-order valence-corrected chi connectivity index (χ1v) is 12.6. The molecule has 1 aliphatic rings. The van der Waals surface area contributed by atoms with Crippen molar-refractivity contribution in [3.8, 4) is 11.1 Å². The fourth-order valence-electron chi connectivity index (χ4n) is 4.78. The van der Waals surface area contributed by atoms with Crippen molar-refractivity contribution >= 4 is 18.0 Å². The summed E-state index contributed by atoms with van der Waals surface area (Å²) in [4.78, 5) is 36.4. The second-order valence-corrected chi connectivity index (χ2v) is 9.16. The quantitative estimate of drug-likeness (QED) is 0.364. The van der Waals surface area contributed by atoms with Gasteiger partial charge in [-0.2, -0.15) is 0 Å². The lowest BCUT2D eigenvalue weighted by molar-refractivity contribution is -0.137. The number of unbranched alkanes of at least 4 members (excludes halogenated alkanes) is 1. The number of carbonyl (C=O) groups excluding carboxylic acids is 2. The molecule has 0 radical (unpaired) electrons. The van der Waals surface area contributed by atoms with Crippen molar-refractivity contribution in [3.05, 3.63) is 59.7 Å². The Labute approximate surface area is 207 Å². The molecule has 0 saturated carbocycles. The highest BCUT2D eigenvalue weighted by atomic mass is 16.5. The highest BCUT2D eigenvalue weighted by Gasteiger charge is 2.29. The Hall–Kier alpha value is -3.35. The average Bonchev–Trinajstić information content (AvgIpc) is 3.14. The minimum atomic E-state index is -0.937. The smallest absolute Gasteiger partial charge is 0.407 e. The molecule has 2 amide bonds. The molecule has 0 unspecified atom stereocenters. The molecule has 3 N–H and O–H groups in total. The zero-order valence-electron chi connectivity index (χ0n) is 20.6. The van der Waals surface area contributed by atoms with E-state index in [0.717, 1.165) is 41.5 Å². The largest absolute Gasteiger partial charge is 0.481 e. The number of amides is 2. The minimum Gasteiger partial charge on any atom is -0.481 e. The normalized spacial score (nSPS) is 13.9. The maximum Gasteiger partial charge on any atom is 0.407 e. The number of fused-ring (bicyclic) bond motifs is 3. The number of alkyl carbamates (subject to hydrolysis) is 1. The van der Waals surface area contributed by atoms with Crippen molar-refractivity contribution in [1.82, 2.24) is 10.6 Å². The van der Waals surface area contributed by atoms with E-state index in [1.165, 1.54) is 0 Å². The van der Waals surface area contributed by atoms with E-state index in [1.54, 1.807) is 0 Å². The lowest BCUT2D eigenvalue weighted by Gasteiger charge is -2.21. The summed E-state index contributed by atoms with van der Waals surface area (Å²) in [5, 5.41) is 14.8.